The SMILES string of the molecule is CN=C(NCc1cccc(NC(=O)CC(C)C)c1)N1CCCC(C)C1.I. The number of likely N-dealkylation sites (tertiary alicyclic amines) is 1. The fourth-order valence-electron chi connectivity index (χ4n) is 3.24. The molecule has 6 heteroatoms. The van der Waals surface area contributed by atoms with Crippen LogP contribution in [0.25, 0.3) is 0 Å². The van der Waals surface area contributed by atoms with Crippen LogP contribution < -0.4 is 10.6 Å². The van der Waals surface area contributed by atoms with Crippen molar-refractivity contribution in [1.29, 1.82) is 0 Å². The first-order valence-corrected chi connectivity index (χ1v) is 9.32. The molecule has 2 rings (SSSR count). The summed E-state index contributed by atoms with van der Waals surface area (Å²) in [4.78, 5) is 18.7. The highest BCUT2D eigenvalue weighted by molar-refractivity contribution is 14.0. The first kappa shape index (κ1) is 22.7. The lowest BCUT2D eigenvalue weighted by Crippen LogP contribution is -2.45. The van der Waals surface area contributed by atoms with Crippen molar-refractivity contribution in [1.82, 2.24) is 10.2 Å². The molecule has 1 unspecified atom stereocenters. The number of carbonyl (C=O) groups is 1. The van der Waals surface area contributed by atoms with E-state index in [1.165, 1.54) is 12.8 Å². The van der Waals surface area contributed by atoms with Gasteiger partial charge in [-0.3, -0.25) is 9.79 Å². The normalized spacial score (nSPS) is 17.7. The standard InChI is InChI=1S/C20H32N4O.HI/c1-15(2)11-19(25)23-18-9-5-8-17(12-18)13-22-20(21-4)24-10-6-7-16(3)14-24;/h5,8-9,12,15-16H,6-7,10-11,13-14H2,1-4H3,(H,21,22)(H,23,25);1H. The Morgan fingerprint density at radius 1 is 1.38 bits per heavy atom. The molecule has 0 radical (unpaired) electrons. The monoisotopic (exact) mass is 472 g/mol. The quantitative estimate of drug-likeness (QED) is 0.386. The fourth-order valence-corrected chi connectivity index (χ4v) is 3.24. The predicted octanol–water partition coefficient (Wildman–Crippen LogP) is 4.10. The lowest BCUT2D eigenvalue weighted by Gasteiger charge is -2.33. The lowest BCUT2D eigenvalue weighted by atomic mass is 10.0. The maximum absolute atomic E-state index is 11.9. The van der Waals surface area contributed by atoms with Crippen LogP contribution in [0.1, 0.15) is 45.6 Å². The largest absolute Gasteiger partial charge is 0.352 e. The summed E-state index contributed by atoms with van der Waals surface area (Å²) >= 11 is 0. The summed E-state index contributed by atoms with van der Waals surface area (Å²) in [5, 5.41) is 6.43. The van der Waals surface area contributed by atoms with Gasteiger partial charge in [0.2, 0.25) is 5.91 Å². The van der Waals surface area contributed by atoms with Crippen molar-refractivity contribution < 1.29 is 4.79 Å². The molecule has 0 bridgehead atoms. The van der Waals surface area contributed by atoms with Gasteiger partial charge in [0.25, 0.3) is 0 Å². The summed E-state index contributed by atoms with van der Waals surface area (Å²) in [5.41, 5.74) is 1.99. The van der Waals surface area contributed by atoms with Gasteiger partial charge in [-0.15, -0.1) is 24.0 Å². The number of anilines is 1. The number of amides is 1. The van der Waals surface area contributed by atoms with Crippen LogP contribution in [-0.4, -0.2) is 36.9 Å². The van der Waals surface area contributed by atoms with Gasteiger partial charge in [0.15, 0.2) is 5.96 Å². The number of rotatable bonds is 5. The van der Waals surface area contributed by atoms with Crippen molar-refractivity contribution in [2.75, 3.05) is 25.5 Å². The molecule has 1 aromatic rings. The highest BCUT2D eigenvalue weighted by Gasteiger charge is 2.19. The first-order valence-electron chi connectivity index (χ1n) is 9.32. The zero-order valence-electron chi connectivity index (χ0n) is 16.4. The number of guanidine groups is 1. The number of hydrogen-bond donors (Lipinski definition) is 2. The van der Waals surface area contributed by atoms with Gasteiger partial charge in [-0.2, -0.15) is 0 Å². The van der Waals surface area contributed by atoms with Crippen molar-refractivity contribution in [2.45, 2.75) is 46.6 Å². The minimum Gasteiger partial charge on any atom is -0.352 e. The second kappa shape index (κ2) is 11.4. The van der Waals surface area contributed by atoms with Crippen LogP contribution in [0.5, 0.6) is 0 Å². The molecule has 1 aliphatic heterocycles. The van der Waals surface area contributed by atoms with E-state index in [9.17, 15) is 4.79 Å². The number of nitrogens with one attached hydrogen (secondary N) is 2. The predicted molar refractivity (Wildman–Crippen MR) is 120 cm³/mol. The van der Waals surface area contributed by atoms with E-state index in [-0.39, 0.29) is 29.9 Å². The number of carbonyl (C=O) groups excluding carboxylic acids is 1. The molecular formula is C20H33IN4O. The van der Waals surface area contributed by atoms with Gasteiger partial charge in [-0.1, -0.05) is 32.9 Å². The second-order valence-electron chi connectivity index (χ2n) is 7.44. The molecule has 0 aromatic heterocycles. The molecule has 1 aliphatic rings. The van der Waals surface area contributed by atoms with Crippen molar-refractivity contribution >= 4 is 41.5 Å². The molecule has 2 N–H and O–H groups in total. The van der Waals surface area contributed by atoms with E-state index in [4.69, 9.17) is 0 Å². The van der Waals surface area contributed by atoms with Crippen LogP contribution >= 0.6 is 24.0 Å². The van der Waals surface area contributed by atoms with Crippen LogP contribution in [0.2, 0.25) is 0 Å². The Balaban J connectivity index is 0.00000338. The zero-order valence-corrected chi connectivity index (χ0v) is 18.7. The topological polar surface area (TPSA) is 56.7 Å². The number of nitrogens with zero attached hydrogens (tertiary/aromatic N) is 2. The van der Waals surface area contributed by atoms with Crippen molar-refractivity contribution in [3.8, 4) is 0 Å². The van der Waals surface area contributed by atoms with Gasteiger partial charge in [0.1, 0.15) is 0 Å². The van der Waals surface area contributed by atoms with E-state index in [0.29, 0.717) is 24.8 Å². The Labute approximate surface area is 175 Å². The van der Waals surface area contributed by atoms with Crippen LogP contribution in [0, 0.1) is 11.8 Å². The van der Waals surface area contributed by atoms with E-state index < -0.39 is 0 Å². The molecule has 1 atom stereocenters. The Kier molecular flexibility index (Phi) is 9.98. The average molecular weight is 472 g/mol. The highest BCUT2D eigenvalue weighted by atomic mass is 127. The first-order chi connectivity index (χ1) is 12.0. The molecule has 0 aliphatic carbocycles. The molecule has 1 amide bonds. The maximum atomic E-state index is 11.9. The summed E-state index contributed by atoms with van der Waals surface area (Å²) in [6, 6.07) is 8.01. The lowest BCUT2D eigenvalue weighted by molar-refractivity contribution is -0.116. The number of piperidine rings is 1. The molecule has 5 nitrogen and oxygen atoms in total. The summed E-state index contributed by atoms with van der Waals surface area (Å²) in [6.45, 7) is 9.22. The Hall–Kier alpha value is -1.31. The fraction of sp³-hybridized carbons (Fsp3) is 0.600. The maximum Gasteiger partial charge on any atom is 0.224 e. The van der Waals surface area contributed by atoms with Gasteiger partial charge < -0.3 is 15.5 Å². The van der Waals surface area contributed by atoms with Crippen LogP contribution in [0.15, 0.2) is 29.3 Å². The van der Waals surface area contributed by atoms with Gasteiger partial charge in [-0.25, -0.2) is 0 Å². The van der Waals surface area contributed by atoms with E-state index in [2.05, 4.69) is 33.5 Å². The van der Waals surface area contributed by atoms with E-state index in [0.717, 1.165) is 30.3 Å². The molecule has 1 saturated heterocycles. The Morgan fingerprint density at radius 2 is 2.15 bits per heavy atom. The summed E-state index contributed by atoms with van der Waals surface area (Å²) in [7, 11) is 1.84. The third-order valence-electron chi connectivity index (χ3n) is 4.42. The third kappa shape index (κ3) is 7.51. The van der Waals surface area contributed by atoms with Gasteiger partial charge in [-0.05, 0) is 42.4 Å². The molecule has 0 spiro atoms. The summed E-state index contributed by atoms with van der Waals surface area (Å²) in [6.07, 6.45) is 3.06. The third-order valence-corrected chi connectivity index (χ3v) is 4.42. The van der Waals surface area contributed by atoms with Crippen LogP contribution in [0.3, 0.4) is 0 Å². The minimum atomic E-state index is 0. The van der Waals surface area contributed by atoms with Gasteiger partial charge >= 0.3 is 0 Å². The van der Waals surface area contributed by atoms with E-state index >= 15 is 0 Å². The van der Waals surface area contributed by atoms with E-state index in [1.807, 2.05) is 39.1 Å². The molecule has 1 aromatic carbocycles. The van der Waals surface area contributed by atoms with Crippen LogP contribution in [0.4, 0.5) is 5.69 Å². The highest BCUT2D eigenvalue weighted by Crippen LogP contribution is 2.16. The Bertz CT molecular complexity index is 603. The molecule has 1 heterocycles. The molecular weight excluding hydrogens is 439 g/mol. The molecule has 146 valence electrons. The van der Waals surface area contributed by atoms with Crippen LogP contribution in [-0.2, 0) is 11.3 Å². The van der Waals surface area contributed by atoms with Crippen molar-refractivity contribution in [3.63, 3.8) is 0 Å². The minimum absolute atomic E-state index is 0. The second-order valence-corrected chi connectivity index (χ2v) is 7.44. The van der Waals surface area contributed by atoms with E-state index in [1.54, 1.807) is 0 Å². The molecule has 26 heavy (non-hydrogen) atoms. The number of hydrogen-bond acceptors (Lipinski definition) is 2. The zero-order chi connectivity index (χ0) is 18.2. The smallest absolute Gasteiger partial charge is 0.224 e. The van der Waals surface area contributed by atoms with Gasteiger partial charge in [0.05, 0.1) is 0 Å². The van der Waals surface area contributed by atoms with Crippen molar-refractivity contribution in [3.05, 3.63) is 29.8 Å². The summed E-state index contributed by atoms with van der Waals surface area (Å²) < 4.78 is 0. The van der Waals surface area contributed by atoms with Gasteiger partial charge in [0, 0.05) is 38.8 Å². The van der Waals surface area contributed by atoms with Crippen molar-refractivity contribution in [2.24, 2.45) is 16.8 Å². The summed E-state index contributed by atoms with van der Waals surface area (Å²) in [5.74, 6) is 2.10. The number of halogens is 1. The number of benzene rings is 1. The number of aliphatic imine (C=N–C) groups is 1. The molecule has 0 saturated carbocycles. The molecule has 1 fully saturated rings. The Morgan fingerprint density at radius 3 is 2.81 bits per heavy atom. The average Bonchev–Trinajstić information content (AvgIpc) is 2.55.